The molecule has 0 N–H and O–H groups in total. The summed E-state index contributed by atoms with van der Waals surface area (Å²) < 4.78 is 5.84. The fourth-order valence-corrected chi connectivity index (χ4v) is 2.81. The zero-order chi connectivity index (χ0) is 18.2. The number of carbonyl (C=O) groups is 1. The van der Waals surface area contributed by atoms with Crippen LogP contribution in [0.3, 0.4) is 0 Å². The molecule has 0 fully saturated rings. The maximum atomic E-state index is 12.7. The topological polar surface area (TPSA) is 29.5 Å². The Bertz CT molecular complexity index is 670. The van der Waals surface area contributed by atoms with Gasteiger partial charge in [0.2, 0.25) is 0 Å². The van der Waals surface area contributed by atoms with Gasteiger partial charge >= 0.3 is 6.09 Å². The van der Waals surface area contributed by atoms with Crippen molar-refractivity contribution in [3.05, 3.63) is 77.9 Å². The van der Waals surface area contributed by atoms with E-state index < -0.39 is 6.10 Å². The molecule has 0 bridgehead atoms. The van der Waals surface area contributed by atoms with Crippen molar-refractivity contribution in [2.75, 3.05) is 0 Å². The van der Waals surface area contributed by atoms with E-state index in [1.165, 1.54) is 0 Å². The monoisotopic (exact) mass is 337 g/mol. The van der Waals surface area contributed by atoms with Gasteiger partial charge < -0.3 is 9.64 Å². The number of hydrogen-bond acceptors (Lipinski definition) is 2. The summed E-state index contributed by atoms with van der Waals surface area (Å²) in [6, 6.07) is 20.0. The van der Waals surface area contributed by atoms with E-state index in [0.29, 0.717) is 0 Å². The summed E-state index contributed by atoms with van der Waals surface area (Å²) in [6.45, 7) is 7.99. The lowest BCUT2D eigenvalue weighted by Gasteiger charge is -2.31. The number of rotatable bonds is 6. The van der Waals surface area contributed by atoms with Gasteiger partial charge in [0.25, 0.3) is 0 Å². The third kappa shape index (κ3) is 5.49. The Labute approximate surface area is 150 Å². The SMILES string of the molecule is CC(C)N(C(=O)OC(/C=C/c1ccccc1)c1ccccc1)C(C)C. The Morgan fingerprint density at radius 1 is 0.880 bits per heavy atom. The van der Waals surface area contributed by atoms with E-state index in [0.717, 1.165) is 11.1 Å². The smallest absolute Gasteiger partial charge is 0.411 e. The molecule has 0 saturated heterocycles. The Hall–Kier alpha value is -2.55. The number of carbonyl (C=O) groups excluding carboxylic acids is 1. The van der Waals surface area contributed by atoms with Crippen molar-refractivity contribution in [3.63, 3.8) is 0 Å². The first kappa shape index (κ1) is 18.8. The predicted octanol–water partition coefficient (Wildman–Crippen LogP) is 5.70. The molecule has 2 aromatic rings. The largest absolute Gasteiger partial charge is 0.437 e. The summed E-state index contributed by atoms with van der Waals surface area (Å²) in [5.74, 6) is 0. The van der Waals surface area contributed by atoms with E-state index >= 15 is 0 Å². The summed E-state index contributed by atoms with van der Waals surface area (Å²) in [5.41, 5.74) is 2.03. The fraction of sp³-hybridized carbons (Fsp3) is 0.318. The van der Waals surface area contributed by atoms with Gasteiger partial charge in [0, 0.05) is 12.1 Å². The molecule has 0 saturated carbocycles. The molecule has 3 heteroatoms. The molecule has 25 heavy (non-hydrogen) atoms. The highest BCUT2D eigenvalue weighted by molar-refractivity contribution is 5.69. The zero-order valence-electron chi connectivity index (χ0n) is 15.4. The van der Waals surface area contributed by atoms with Crippen LogP contribution in [0.15, 0.2) is 66.7 Å². The van der Waals surface area contributed by atoms with Crippen LogP contribution in [-0.4, -0.2) is 23.1 Å². The molecule has 0 aliphatic rings. The van der Waals surface area contributed by atoms with Crippen molar-refractivity contribution in [1.82, 2.24) is 4.90 Å². The highest BCUT2D eigenvalue weighted by Gasteiger charge is 2.24. The fourth-order valence-electron chi connectivity index (χ4n) is 2.81. The highest BCUT2D eigenvalue weighted by atomic mass is 16.6. The molecule has 1 amide bonds. The van der Waals surface area contributed by atoms with Gasteiger partial charge in [-0.25, -0.2) is 4.79 Å². The van der Waals surface area contributed by atoms with Crippen LogP contribution in [0.1, 0.15) is 44.9 Å². The van der Waals surface area contributed by atoms with Crippen molar-refractivity contribution in [2.24, 2.45) is 0 Å². The van der Waals surface area contributed by atoms with Gasteiger partial charge in [-0.05, 0) is 44.9 Å². The lowest BCUT2D eigenvalue weighted by molar-refractivity contribution is 0.0602. The molecule has 0 aliphatic carbocycles. The van der Waals surface area contributed by atoms with Gasteiger partial charge in [0.1, 0.15) is 6.10 Å². The first-order valence-corrected chi connectivity index (χ1v) is 8.76. The molecule has 1 atom stereocenters. The minimum atomic E-state index is -0.422. The van der Waals surface area contributed by atoms with E-state index in [-0.39, 0.29) is 18.2 Å². The second kappa shape index (κ2) is 9.07. The Morgan fingerprint density at radius 3 is 1.92 bits per heavy atom. The van der Waals surface area contributed by atoms with E-state index in [2.05, 4.69) is 0 Å². The highest BCUT2D eigenvalue weighted by Crippen LogP contribution is 2.22. The van der Waals surface area contributed by atoms with E-state index in [9.17, 15) is 4.79 Å². The minimum absolute atomic E-state index is 0.0852. The lowest BCUT2D eigenvalue weighted by Crippen LogP contribution is -2.42. The molecule has 0 radical (unpaired) electrons. The molecule has 0 heterocycles. The normalized spacial score (nSPS) is 12.6. The summed E-state index contributed by atoms with van der Waals surface area (Å²) in [4.78, 5) is 14.4. The average molecular weight is 337 g/mol. The second-order valence-corrected chi connectivity index (χ2v) is 6.58. The van der Waals surface area contributed by atoms with Crippen LogP contribution in [0.25, 0.3) is 6.08 Å². The third-order valence-electron chi connectivity index (χ3n) is 3.94. The van der Waals surface area contributed by atoms with Crippen LogP contribution in [0.5, 0.6) is 0 Å². The first-order valence-electron chi connectivity index (χ1n) is 8.76. The van der Waals surface area contributed by atoms with Crippen molar-refractivity contribution < 1.29 is 9.53 Å². The van der Waals surface area contributed by atoms with Crippen LogP contribution in [0.2, 0.25) is 0 Å². The molecule has 2 rings (SSSR count). The van der Waals surface area contributed by atoms with E-state index in [1.54, 1.807) is 4.90 Å². The van der Waals surface area contributed by atoms with Gasteiger partial charge in [-0.1, -0.05) is 66.7 Å². The molecule has 0 spiro atoms. The second-order valence-electron chi connectivity index (χ2n) is 6.58. The van der Waals surface area contributed by atoms with Gasteiger partial charge in [-0.15, -0.1) is 0 Å². The summed E-state index contributed by atoms with van der Waals surface area (Å²) in [5, 5.41) is 0. The Kier molecular flexibility index (Phi) is 6.81. The van der Waals surface area contributed by atoms with Crippen LogP contribution in [0.4, 0.5) is 4.79 Å². The molecule has 132 valence electrons. The molecule has 3 nitrogen and oxygen atoms in total. The summed E-state index contributed by atoms with van der Waals surface area (Å²) >= 11 is 0. The molecule has 1 unspecified atom stereocenters. The number of hydrogen-bond donors (Lipinski definition) is 0. The third-order valence-corrected chi connectivity index (χ3v) is 3.94. The zero-order valence-corrected chi connectivity index (χ0v) is 15.4. The maximum absolute atomic E-state index is 12.7. The lowest BCUT2D eigenvalue weighted by atomic mass is 10.1. The molecule has 2 aromatic carbocycles. The molecule has 0 aromatic heterocycles. The Morgan fingerprint density at radius 2 is 1.40 bits per heavy atom. The van der Waals surface area contributed by atoms with Crippen LogP contribution in [-0.2, 0) is 4.74 Å². The van der Waals surface area contributed by atoms with Gasteiger partial charge in [-0.3, -0.25) is 0 Å². The van der Waals surface area contributed by atoms with E-state index in [4.69, 9.17) is 4.74 Å². The predicted molar refractivity (Wildman–Crippen MR) is 103 cm³/mol. The van der Waals surface area contributed by atoms with Crippen LogP contribution < -0.4 is 0 Å². The van der Waals surface area contributed by atoms with Gasteiger partial charge in [-0.2, -0.15) is 0 Å². The molecule has 0 aliphatic heterocycles. The maximum Gasteiger partial charge on any atom is 0.411 e. The summed E-state index contributed by atoms with van der Waals surface area (Å²) in [6.07, 6.45) is 3.20. The van der Waals surface area contributed by atoms with E-state index in [1.807, 2.05) is 101 Å². The van der Waals surface area contributed by atoms with Crippen molar-refractivity contribution >= 4 is 12.2 Å². The number of benzene rings is 2. The van der Waals surface area contributed by atoms with Gasteiger partial charge in [0.05, 0.1) is 0 Å². The van der Waals surface area contributed by atoms with Crippen LogP contribution >= 0.6 is 0 Å². The Balaban J connectivity index is 2.23. The van der Waals surface area contributed by atoms with Crippen molar-refractivity contribution in [1.29, 1.82) is 0 Å². The van der Waals surface area contributed by atoms with Crippen LogP contribution in [0, 0.1) is 0 Å². The summed E-state index contributed by atoms with van der Waals surface area (Å²) in [7, 11) is 0. The number of ether oxygens (including phenoxy) is 1. The van der Waals surface area contributed by atoms with Crippen molar-refractivity contribution in [2.45, 2.75) is 45.9 Å². The minimum Gasteiger partial charge on any atom is -0.437 e. The number of amides is 1. The number of nitrogens with zero attached hydrogens (tertiary/aromatic N) is 1. The molecular formula is C22H27NO2. The van der Waals surface area contributed by atoms with Crippen molar-refractivity contribution in [3.8, 4) is 0 Å². The average Bonchev–Trinajstić information content (AvgIpc) is 2.59. The quantitative estimate of drug-likeness (QED) is 0.677. The molecular weight excluding hydrogens is 310 g/mol. The standard InChI is InChI=1S/C22H27NO2/c1-17(2)23(18(3)4)22(24)25-21(20-13-9-6-10-14-20)16-15-19-11-7-5-8-12-19/h5-18,21H,1-4H3/b16-15+. The van der Waals surface area contributed by atoms with Gasteiger partial charge in [0.15, 0.2) is 0 Å². The first-order chi connectivity index (χ1) is 12.0.